The minimum atomic E-state index is -0.111. The number of furan rings is 1. The molecule has 7 nitrogen and oxygen atoms in total. The summed E-state index contributed by atoms with van der Waals surface area (Å²) >= 11 is 5.90. The summed E-state index contributed by atoms with van der Waals surface area (Å²) in [6, 6.07) is 11.4. The zero-order valence-electron chi connectivity index (χ0n) is 15.7. The first kappa shape index (κ1) is 18.0. The van der Waals surface area contributed by atoms with Gasteiger partial charge >= 0.3 is 0 Å². The highest BCUT2D eigenvalue weighted by atomic mass is 35.5. The summed E-state index contributed by atoms with van der Waals surface area (Å²) in [5.41, 5.74) is 1.90. The Morgan fingerprint density at radius 3 is 2.97 bits per heavy atom. The maximum Gasteiger partial charge on any atom is 0.290 e. The zero-order valence-corrected chi connectivity index (χ0v) is 16.5. The minimum Gasteiger partial charge on any atom is -0.454 e. The molecule has 1 aliphatic rings. The fourth-order valence-electron chi connectivity index (χ4n) is 3.89. The third-order valence-electron chi connectivity index (χ3n) is 5.28. The molecule has 1 amide bonds. The van der Waals surface area contributed by atoms with E-state index in [9.17, 15) is 4.79 Å². The van der Waals surface area contributed by atoms with Gasteiger partial charge in [-0.1, -0.05) is 23.7 Å². The molecule has 0 aliphatic carbocycles. The van der Waals surface area contributed by atoms with E-state index in [0.29, 0.717) is 29.6 Å². The van der Waals surface area contributed by atoms with Crippen molar-refractivity contribution in [3.63, 3.8) is 0 Å². The lowest BCUT2D eigenvalue weighted by atomic mass is 10.0. The van der Waals surface area contributed by atoms with Crippen LogP contribution in [0.4, 0.5) is 0 Å². The first-order valence-corrected chi connectivity index (χ1v) is 10.1. The first-order valence-electron chi connectivity index (χ1n) is 9.70. The summed E-state index contributed by atoms with van der Waals surface area (Å²) in [7, 11) is 0. The molecule has 0 unspecified atom stereocenters. The average Bonchev–Trinajstić information content (AvgIpc) is 3.47. The second-order valence-corrected chi connectivity index (χ2v) is 7.71. The van der Waals surface area contributed by atoms with E-state index < -0.39 is 0 Å². The van der Waals surface area contributed by atoms with Crippen molar-refractivity contribution in [3.05, 3.63) is 71.2 Å². The van der Waals surface area contributed by atoms with Crippen molar-refractivity contribution in [1.29, 1.82) is 0 Å². The molecule has 1 N–H and O–H groups in total. The number of aromatic nitrogens is 4. The highest BCUT2D eigenvalue weighted by molar-refractivity contribution is 6.30. The van der Waals surface area contributed by atoms with E-state index in [1.165, 1.54) is 0 Å². The first-order chi connectivity index (χ1) is 14.2. The van der Waals surface area contributed by atoms with Crippen molar-refractivity contribution in [1.82, 2.24) is 24.6 Å². The fourth-order valence-corrected chi connectivity index (χ4v) is 4.05. The number of fused-ring (bicyclic) bond motifs is 1. The van der Waals surface area contributed by atoms with Crippen LogP contribution in [0.15, 0.2) is 53.2 Å². The molecule has 0 saturated carbocycles. The number of carbonyl (C=O) groups excluding carboxylic acids is 1. The van der Waals surface area contributed by atoms with Crippen LogP contribution in [0.2, 0.25) is 5.02 Å². The van der Waals surface area contributed by atoms with Gasteiger partial charge in [0.1, 0.15) is 11.6 Å². The Morgan fingerprint density at radius 2 is 2.14 bits per heavy atom. The Hall–Kier alpha value is -3.06. The van der Waals surface area contributed by atoms with Gasteiger partial charge < -0.3 is 14.3 Å². The lowest BCUT2D eigenvalue weighted by Crippen LogP contribution is -2.38. The van der Waals surface area contributed by atoms with Crippen LogP contribution in [0.1, 0.15) is 47.4 Å². The summed E-state index contributed by atoms with van der Waals surface area (Å²) in [6.07, 6.45) is 6.21. The van der Waals surface area contributed by atoms with E-state index in [1.807, 2.05) is 35.2 Å². The van der Waals surface area contributed by atoms with Crippen molar-refractivity contribution in [2.45, 2.75) is 31.8 Å². The molecule has 1 atom stereocenters. The number of carbonyl (C=O) groups is 1. The van der Waals surface area contributed by atoms with Crippen LogP contribution in [-0.2, 0) is 6.54 Å². The Labute approximate surface area is 172 Å². The summed E-state index contributed by atoms with van der Waals surface area (Å²) in [5.74, 6) is 1.71. The number of imidazole rings is 1. The number of hydrogen-bond donors (Lipinski definition) is 1. The molecule has 29 heavy (non-hydrogen) atoms. The number of halogens is 1. The molecule has 148 valence electrons. The van der Waals surface area contributed by atoms with Crippen molar-refractivity contribution in [2.75, 3.05) is 6.54 Å². The smallest absolute Gasteiger partial charge is 0.290 e. The summed E-state index contributed by atoms with van der Waals surface area (Å²) in [5, 5.41) is 4.71. The topological polar surface area (TPSA) is 79.9 Å². The van der Waals surface area contributed by atoms with Gasteiger partial charge in [-0.05, 0) is 43.5 Å². The largest absolute Gasteiger partial charge is 0.454 e. The van der Waals surface area contributed by atoms with Crippen molar-refractivity contribution in [2.24, 2.45) is 0 Å². The number of benzene rings is 1. The maximum absolute atomic E-state index is 13.2. The molecule has 5 rings (SSSR count). The second kappa shape index (κ2) is 7.40. The molecule has 8 heteroatoms. The lowest BCUT2D eigenvalue weighted by Gasteiger charge is -2.33. The number of aromatic amines is 1. The maximum atomic E-state index is 13.2. The summed E-state index contributed by atoms with van der Waals surface area (Å²) < 4.78 is 7.50. The van der Waals surface area contributed by atoms with Crippen LogP contribution in [0.3, 0.4) is 0 Å². The van der Waals surface area contributed by atoms with Crippen LogP contribution in [0.25, 0.3) is 11.0 Å². The molecule has 1 aliphatic heterocycles. The molecule has 1 saturated heterocycles. The van der Waals surface area contributed by atoms with Crippen LogP contribution in [-0.4, -0.2) is 37.1 Å². The Morgan fingerprint density at radius 1 is 1.24 bits per heavy atom. The number of H-pyrrole nitrogens is 1. The Kier molecular flexibility index (Phi) is 4.60. The number of nitrogens with zero attached hydrogens (tertiary/aromatic N) is 4. The highest BCUT2D eigenvalue weighted by Crippen LogP contribution is 2.32. The van der Waals surface area contributed by atoms with Crippen molar-refractivity contribution >= 4 is 28.5 Å². The molecule has 4 aromatic rings. The molecule has 1 fully saturated rings. The van der Waals surface area contributed by atoms with Crippen LogP contribution in [0, 0.1) is 0 Å². The number of amides is 1. The number of para-hydroxylation sites is 2. The lowest BCUT2D eigenvalue weighted by molar-refractivity contribution is 0.0566. The predicted octanol–water partition coefficient (Wildman–Crippen LogP) is 4.42. The summed E-state index contributed by atoms with van der Waals surface area (Å²) in [4.78, 5) is 23.2. The standard InChI is InChI=1S/C21H20ClN5O2/c22-14-11-23-26(12-14)13-15-8-9-19(29-15)21(28)27-10-4-3-7-18(27)20-24-16-5-1-2-6-17(16)25-20/h1-2,5-6,8-9,11-12,18H,3-4,7,10,13H2,(H,24,25)/t18-/m0/s1. The van der Waals surface area contributed by atoms with E-state index in [0.717, 1.165) is 36.1 Å². The molecular weight excluding hydrogens is 390 g/mol. The average molecular weight is 410 g/mol. The van der Waals surface area contributed by atoms with E-state index in [4.69, 9.17) is 21.0 Å². The van der Waals surface area contributed by atoms with Gasteiger partial charge in [-0.2, -0.15) is 5.10 Å². The van der Waals surface area contributed by atoms with Crippen molar-refractivity contribution in [3.8, 4) is 0 Å². The number of piperidine rings is 1. The molecular formula is C21H20ClN5O2. The zero-order chi connectivity index (χ0) is 19.8. The summed E-state index contributed by atoms with van der Waals surface area (Å²) in [6.45, 7) is 1.11. The van der Waals surface area contributed by atoms with Gasteiger partial charge in [-0.3, -0.25) is 9.48 Å². The quantitative estimate of drug-likeness (QED) is 0.541. The highest BCUT2D eigenvalue weighted by Gasteiger charge is 2.32. The monoisotopic (exact) mass is 409 g/mol. The van der Waals surface area contributed by atoms with Gasteiger partial charge in [0.05, 0.1) is 34.8 Å². The second-order valence-electron chi connectivity index (χ2n) is 7.27. The van der Waals surface area contributed by atoms with Crippen molar-refractivity contribution < 1.29 is 9.21 Å². The van der Waals surface area contributed by atoms with Gasteiger partial charge in [-0.15, -0.1) is 0 Å². The van der Waals surface area contributed by atoms with E-state index in [-0.39, 0.29) is 11.9 Å². The van der Waals surface area contributed by atoms with Gasteiger partial charge in [0.15, 0.2) is 5.76 Å². The third-order valence-corrected chi connectivity index (χ3v) is 5.47. The Bertz CT molecular complexity index is 1130. The van der Waals surface area contributed by atoms with E-state index in [1.54, 1.807) is 23.1 Å². The van der Waals surface area contributed by atoms with Gasteiger partial charge in [0.2, 0.25) is 0 Å². The van der Waals surface area contributed by atoms with Gasteiger partial charge in [-0.25, -0.2) is 4.98 Å². The van der Waals surface area contributed by atoms with E-state index >= 15 is 0 Å². The number of nitrogens with one attached hydrogen (secondary N) is 1. The normalized spacial score (nSPS) is 17.1. The molecule has 0 bridgehead atoms. The van der Waals surface area contributed by atoms with E-state index in [2.05, 4.69) is 10.1 Å². The Balaban J connectivity index is 1.38. The molecule has 4 heterocycles. The fraction of sp³-hybridized carbons (Fsp3) is 0.286. The number of likely N-dealkylation sites (tertiary alicyclic amines) is 1. The third kappa shape index (κ3) is 3.53. The molecule has 0 spiro atoms. The molecule has 1 aromatic carbocycles. The van der Waals surface area contributed by atoms with Crippen LogP contribution >= 0.6 is 11.6 Å². The van der Waals surface area contributed by atoms with Gasteiger partial charge in [0, 0.05) is 12.7 Å². The number of hydrogen-bond acceptors (Lipinski definition) is 4. The van der Waals surface area contributed by atoms with Crippen LogP contribution < -0.4 is 0 Å². The van der Waals surface area contributed by atoms with Gasteiger partial charge in [0.25, 0.3) is 5.91 Å². The molecule has 0 radical (unpaired) electrons. The molecule has 3 aromatic heterocycles. The number of rotatable bonds is 4. The SMILES string of the molecule is O=C(c1ccc(Cn2cc(Cl)cn2)o1)N1CCCC[C@H]1c1nc2ccccc2[nH]1. The van der Waals surface area contributed by atoms with Crippen LogP contribution in [0.5, 0.6) is 0 Å². The predicted molar refractivity (Wildman–Crippen MR) is 109 cm³/mol. The minimum absolute atomic E-state index is 0.0814.